The lowest BCUT2D eigenvalue weighted by Crippen LogP contribution is -2.35. The molecule has 1 aliphatic heterocycles. The summed E-state index contributed by atoms with van der Waals surface area (Å²) in [5.74, 6) is -2.63. The molecule has 162 valence electrons. The molecule has 9 nitrogen and oxygen atoms in total. The van der Waals surface area contributed by atoms with Gasteiger partial charge in [0.2, 0.25) is 0 Å². The number of hydrogen-bond donors (Lipinski definition) is 2. The van der Waals surface area contributed by atoms with Gasteiger partial charge in [0.15, 0.2) is 11.9 Å². The molecule has 1 aliphatic carbocycles. The molecule has 30 heavy (non-hydrogen) atoms. The minimum atomic E-state index is -1.10. The SMILES string of the molecule is CC(OC(=O)CC1=c2ccccc2=C(O)OO1)C(=O)OCC1CCC(C(=O)O)CC1. The number of carboxylic acid groups (broad SMARTS) is 1. The van der Waals surface area contributed by atoms with Gasteiger partial charge in [-0.15, -0.1) is 0 Å². The number of hydrogen-bond acceptors (Lipinski definition) is 8. The van der Waals surface area contributed by atoms with Crippen molar-refractivity contribution < 1.29 is 43.8 Å². The van der Waals surface area contributed by atoms with Gasteiger partial charge in [-0.3, -0.25) is 14.5 Å². The smallest absolute Gasteiger partial charge is 0.347 e. The Hall–Kier alpha value is -3.23. The van der Waals surface area contributed by atoms with Gasteiger partial charge in [0.05, 0.1) is 17.7 Å². The first-order chi connectivity index (χ1) is 14.3. The minimum absolute atomic E-state index is 0.108. The first-order valence-corrected chi connectivity index (χ1v) is 9.80. The highest BCUT2D eigenvalue weighted by Gasteiger charge is 2.28. The first kappa shape index (κ1) is 21.5. The van der Waals surface area contributed by atoms with E-state index in [2.05, 4.69) is 0 Å². The van der Waals surface area contributed by atoms with Crippen molar-refractivity contribution in [2.75, 3.05) is 6.61 Å². The Balaban J connectivity index is 1.49. The predicted octanol–water partition coefficient (Wildman–Crippen LogP) is 1.14. The second kappa shape index (κ2) is 9.51. The highest BCUT2D eigenvalue weighted by atomic mass is 17.2. The van der Waals surface area contributed by atoms with Gasteiger partial charge in [-0.2, -0.15) is 0 Å². The third-order valence-corrected chi connectivity index (χ3v) is 5.28. The Morgan fingerprint density at radius 2 is 1.77 bits per heavy atom. The Morgan fingerprint density at radius 1 is 1.10 bits per heavy atom. The Kier molecular flexibility index (Phi) is 6.81. The fourth-order valence-electron chi connectivity index (χ4n) is 3.53. The molecule has 0 aromatic heterocycles. The van der Waals surface area contributed by atoms with Crippen LogP contribution in [0, 0.1) is 11.8 Å². The highest BCUT2D eigenvalue weighted by molar-refractivity contribution is 5.82. The third-order valence-electron chi connectivity index (χ3n) is 5.28. The van der Waals surface area contributed by atoms with Crippen LogP contribution >= 0.6 is 0 Å². The summed E-state index contributed by atoms with van der Waals surface area (Å²) in [6.45, 7) is 1.59. The van der Waals surface area contributed by atoms with Crippen LogP contribution in [0.1, 0.15) is 39.0 Å². The molecule has 0 bridgehead atoms. The number of ether oxygens (including phenoxy) is 2. The number of carbonyl (C=O) groups is 3. The molecule has 0 amide bonds. The molecule has 1 heterocycles. The summed E-state index contributed by atoms with van der Waals surface area (Å²) in [6, 6.07) is 6.69. The molecule has 1 unspecified atom stereocenters. The van der Waals surface area contributed by atoms with Gasteiger partial charge in [-0.05, 0) is 44.6 Å². The number of esters is 2. The van der Waals surface area contributed by atoms with Gasteiger partial charge in [0.25, 0.3) is 0 Å². The quantitative estimate of drug-likeness (QED) is 0.493. The zero-order valence-electron chi connectivity index (χ0n) is 16.5. The molecular formula is C21H24O9. The van der Waals surface area contributed by atoms with Crippen LogP contribution in [0.4, 0.5) is 0 Å². The zero-order chi connectivity index (χ0) is 21.7. The van der Waals surface area contributed by atoms with Crippen LogP contribution in [0.3, 0.4) is 0 Å². The van der Waals surface area contributed by atoms with Crippen molar-refractivity contribution in [2.24, 2.45) is 11.8 Å². The number of aliphatic carboxylic acids is 1. The summed E-state index contributed by atoms with van der Waals surface area (Å²) >= 11 is 0. The number of fused-ring (bicyclic) bond motifs is 1. The highest BCUT2D eigenvalue weighted by Crippen LogP contribution is 2.29. The number of aliphatic hydroxyl groups is 1. The van der Waals surface area contributed by atoms with E-state index in [1.165, 1.54) is 6.92 Å². The van der Waals surface area contributed by atoms with Gasteiger partial charge < -0.3 is 19.7 Å². The van der Waals surface area contributed by atoms with E-state index in [1.807, 2.05) is 0 Å². The van der Waals surface area contributed by atoms with Crippen molar-refractivity contribution >= 4 is 29.6 Å². The molecule has 1 atom stereocenters. The lowest BCUT2D eigenvalue weighted by molar-refractivity contribution is -0.198. The van der Waals surface area contributed by atoms with E-state index < -0.39 is 30.0 Å². The average Bonchev–Trinajstić information content (AvgIpc) is 2.74. The fourth-order valence-corrected chi connectivity index (χ4v) is 3.53. The molecule has 1 aromatic rings. The summed E-state index contributed by atoms with van der Waals surface area (Å²) in [6.07, 6.45) is 1.10. The van der Waals surface area contributed by atoms with E-state index >= 15 is 0 Å². The van der Waals surface area contributed by atoms with Crippen molar-refractivity contribution in [3.63, 3.8) is 0 Å². The third kappa shape index (κ3) is 5.22. The lowest BCUT2D eigenvalue weighted by Gasteiger charge is -2.26. The van der Waals surface area contributed by atoms with Crippen LogP contribution in [0.25, 0.3) is 11.7 Å². The number of rotatable bonds is 7. The largest absolute Gasteiger partial charge is 0.481 e. The van der Waals surface area contributed by atoms with Crippen molar-refractivity contribution in [2.45, 2.75) is 45.1 Å². The fraction of sp³-hybridized carbons (Fsp3) is 0.476. The molecule has 0 spiro atoms. The van der Waals surface area contributed by atoms with Crippen LogP contribution in [0.5, 0.6) is 0 Å². The zero-order valence-corrected chi connectivity index (χ0v) is 16.5. The molecule has 2 N–H and O–H groups in total. The van der Waals surface area contributed by atoms with Crippen molar-refractivity contribution in [3.05, 3.63) is 34.7 Å². The molecule has 0 radical (unpaired) electrons. The summed E-state index contributed by atoms with van der Waals surface area (Å²) in [5, 5.41) is 19.6. The van der Waals surface area contributed by atoms with Crippen LogP contribution in [0.2, 0.25) is 0 Å². The first-order valence-electron chi connectivity index (χ1n) is 9.80. The minimum Gasteiger partial charge on any atom is -0.481 e. The normalized spacial score (nSPS) is 21.5. The maximum atomic E-state index is 12.2. The topological polar surface area (TPSA) is 129 Å². The van der Waals surface area contributed by atoms with Gasteiger partial charge in [-0.25, -0.2) is 9.68 Å². The van der Waals surface area contributed by atoms with Gasteiger partial charge in [0.1, 0.15) is 6.42 Å². The van der Waals surface area contributed by atoms with Crippen molar-refractivity contribution in [3.8, 4) is 0 Å². The van der Waals surface area contributed by atoms with E-state index in [-0.39, 0.29) is 30.6 Å². The van der Waals surface area contributed by atoms with Crippen LogP contribution in [0.15, 0.2) is 24.3 Å². The number of aliphatic hydroxyl groups excluding tert-OH is 1. The second-order valence-electron chi connectivity index (χ2n) is 7.44. The number of carbonyl (C=O) groups excluding carboxylic acids is 2. The van der Waals surface area contributed by atoms with Crippen LogP contribution in [-0.4, -0.2) is 40.8 Å². The van der Waals surface area contributed by atoms with Crippen molar-refractivity contribution in [1.29, 1.82) is 0 Å². The number of benzene rings is 1. The van der Waals surface area contributed by atoms with E-state index in [0.29, 0.717) is 36.1 Å². The summed E-state index contributed by atoms with van der Waals surface area (Å²) in [5.41, 5.74) is 0. The van der Waals surface area contributed by atoms with Gasteiger partial charge in [-0.1, -0.05) is 18.2 Å². The Labute approximate surface area is 172 Å². The molecule has 1 fully saturated rings. The van der Waals surface area contributed by atoms with E-state index in [9.17, 15) is 19.5 Å². The number of carboxylic acids is 1. The lowest BCUT2D eigenvalue weighted by atomic mass is 9.82. The summed E-state index contributed by atoms with van der Waals surface area (Å²) in [7, 11) is 0. The predicted molar refractivity (Wildman–Crippen MR) is 102 cm³/mol. The van der Waals surface area contributed by atoms with E-state index in [0.717, 1.165) is 0 Å². The van der Waals surface area contributed by atoms with Crippen LogP contribution in [-0.2, 0) is 33.6 Å². The monoisotopic (exact) mass is 420 g/mol. The molecule has 0 saturated heterocycles. The van der Waals surface area contributed by atoms with Gasteiger partial charge in [0, 0.05) is 5.22 Å². The summed E-state index contributed by atoms with van der Waals surface area (Å²) in [4.78, 5) is 45.0. The summed E-state index contributed by atoms with van der Waals surface area (Å²) < 4.78 is 10.4. The molecular weight excluding hydrogens is 396 g/mol. The van der Waals surface area contributed by atoms with E-state index in [4.69, 9.17) is 24.4 Å². The molecule has 9 heteroatoms. The average molecular weight is 420 g/mol. The maximum Gasteiger partial charge on any atom is 0.347 e. The molecule has 1 saturated carbocycles. The molecule has 3 rings (SSSR count). The van der Waals surface area contributed by atoms with Crippen LogP contribution < -0.4 is 10.4 Å². The Morgan fingerprint density at radius 3 is 2.43 bits per heavy atom. The maximum absolute atomic E-state index is 12.2. The second-order valence-corrected chi connectivity index (χ2v) is 7.44. The van der Waals surface area contributed by atoms with Gasteiger partial charge >= 0.3 is 23.9 Å². The standard InChI is InChI=1S/C21H24O9/c1-12(20(25)27-11-13-6-8-14(9-7-13)19(23)24)28-18(22)10-17-15-4-2-3-5-16(15)21(26)30-29-17/h2-5,12-14,26H,6-11H2,1H3,(H,23,24). The molecule has 1 aromatic carbocycles. The Bertz CT molecular complexity index is 928. The molecule has 2 aliphatic rings. The van der Waals surface area contributed by atoms with Crippen molar-refractivity contribution in [1.82, 2.24) is 0 Å². The van der Waals surface area contributed by atoms with E-state index in [1.54, 1.807) is 24.3 Å².